The van der Waals surface area contributed by atoms with Gasteiger partial charge in [0, 0.05) is 25.2 Å². The van der Waals surface area contributed by atoms with E-state index in [4.69, 9.17) is 4.74 Å². The molecular formula is C20H24N4O3. The molecule has 1 aromatic carbocycles. The summed E-state index contributed by atoms with van der Waals surface area (Å²) in [6.45, 7) is 2.92. The third-order valence-corrected chi connectivity index (χ3v) is 5.03. The van der Waals surface area contributed by atoms with Crippen molar-refractivity contribution in [3.63, 3.8) is 0 Å². The number of rotatable bonds is 6. The second-order valence-corrected chi connectivity index (χ2v) is 7.08. The van der Waals surface area contributed by atoms with Crippen molar-refractivity contribution in [2.45, 2.75) is 50.9 Å². The Bertz CT molecular complexity index is 816. The summed E-state index contributed by atoms with van der Waals surface area (Å²) in [5, 5.41) is 7.21. The van der Waals surface area contributed by atoms with Crippen LogP contribution in [0.15, 0.2) is 42.6 Å². The third-order valence-electron chi connectivity index (χ3n) is 5.03. The van der Waals surface area contributed by atoms with Crippen molar-refractivity contribution in [1.29, 1.82) is 0 Å². The standard InChI is InChI=1S/C20H24N4O3/c1-2-24-17(10-11-21-24)20(26)23-13-16(27-15-6-4-3-5-7-15)12-18(23)19(25)22-14-8-9-14/h3-7,10-11,14,16,18H,2,8-9,12-13H2,1H3,(H,22,25)/t16-,18-/m0/s1. The average molecular weight is 368 g/mol. The summed E-state index contributed by atoms with van der Waals surface area (Å²) in [5.74, 6) is 0.480. The van der Waals surface area contributed by atoms with Crippen LogP contribution in [0.2, 0.25) is 0 Å². The molecule has 27 heavy (non-hydrogen) atoms. The van der Waals surface area contributed by atoms with Gasteiger partial charge in [-0.05, 0) is 38.0 Å². The number of hydrogen-bond donors (Lipinski definition) is 1. The molecule has 1 saturated heterocycles. The van der Waals surface area contributed by atoms with Crippen molar-refractivity contribution in [3.05, 3.63) is 48.3 Å². The molecule has 1 aromatic heterocycles. The molecule has 0 spiro atoms. The van der Waals surface area contributed by atoms with Crippen LogP contribution >= 0.6 is 0 Å². The zero-order chi connectivity index (χ0) is 18.8. The van der Waals surface area contributed by atoms with Gasteiger partial charge >= 0.3 is 0 Å². The second kappa shape index (κ2) is 7.42. The molecule has 2 amide bonds. The smallest absolute Gasteiger partial charge is 0.272 e. The molecule has 7 nitrogen and oxygen atoms in total. The van der Waals surface area contributed by atoms with E-state index in [1.54, 1.807) is 21.8 Å². The highest BCUT2D eigenvalue weighted by Crippen LogP contribution is 2.26. The maximum atomic E-state index is 13.1. The van der Waals surface area contributed by atoms with Crippen LogP contribution in [0, 0.1) is 0 Å². The molecule has 2 atom stereocenters. The lowest BCUT2D eigenvalue weighted by Crippen LogP contribution is -2.47. The van der Waals surface area contributed by atoms with Crippen LogP contribution in [0.1, 0.15) is 36.7 Å². The second-order valence-electron chi connectivity index (χ2n) is 7.08. The van der Waals surface area contributed by atoms with Gasteiger partial charge in [-0.1, -0.05) is 18.2 Å². The Balaban J connectivity index is 1.53. The zero-order valence-corrected chi connectivity index (χ0v) is 15.4. The van der Waals surface area contributed by atoms with E-state index >= 15 is 0 Å². The van der Waals surface area contributed by atoms with Crippen LogP contribution in [0.3, 0.4) is 0 Å². The van der Waals surface area contributed by atoms with Crippen LogP contribution in [-0.4, -0.2) is 51.2 Å². The summed E-state index contributed by atoms with van der Waals surface area (Å²) < 4.78 is 7.69. The maximum Gasteiger partial charge on any atom is 0.272 e. The Morgan fingerprint density at radius 2 is 2.00 bits per heavy atom. The monoisotopic (exact) mass is 368 g/mol. The first-order chi connectivity index (χ1) is 13.2. The Labute approximate surface area is 158 Å². The number of nitrogens with zero attached hydrogens (tertiary/aromatic N) is 3. The van der Waals surface area contributed by atoms with Crippen molar-refractivity contribution in [3.8, 4) is 5.75 Å². The molecule has 0 bridgehead atoms. The molecule has 1 aliphatic carbocycles. The molecule has 142 valence electrons. The number of aryl methyl sites for hydroxylation is 1. The molecule has 2 fully saturated rings. The third kappa shape index (κ3) is 3.82. The topological polar surface area (TPSA) is 76.5 Å². The molecule has 0 unspecified atom stereocenters. The van der Waals surface area contributed by atoms with E-state index in [2.05, 4.69) is 10.4 Å². The van der Waals surface area contributed by atoms with E-state index in [-0.39, 0.29) is 24.0 Å². The number of amides is 2. The van der Waals surface area contributed by atoms with Crippen LogP contribution in [0.25, 0.3) is 0 Å². The Morgan fingerprint density at radius 1 is 1.22 bits per heavy atom. The van der Waals surface area contributed by atoms with Gasteiger partial charge in [-0.25, -0.2) is 0 Å². The van der Waals surface area contributed by atoms with Gasteiger partial charge in [0.2, 0.25) is 5.91 Å². The van der Waals surface area contributed by atoms with Gasteiger partial charge in [-0.15, -0.1) is 0 Å². The Kier molecular flexibility index (Phi) is 4.83. The number of para-hydroxylation sites is 1. The van der Waals surface area contributed by atoms with Crippen LogP contribution in [-0.2, 0) is 11.3 Å². The first-order valence-electron chi connectivity index (χ1n) is 9.50. The largest absolute Gasteiger partial charge is 0.488 e. The van der Waals surface area contributed by atoms with Gasteiger partial charge in [0.1, 0.15) is 23.6 Å². The molecule has 7 heteroatoms. The minimum absolute atomic E-state index is 0.0902. The maximum absolute atomic E-state index is 13.1. The quantitative estimate of drug-likeness (QED) is 0.844. The lowest BCUT2D eigenvalue weighted by atomic mass is 10.1. The molecule has 2 aliphatic rings. The number of carbonyl (C=O) groups is 2. The summed E-state index contributed by atoms with van der Waals surface area (Å²) >= 11 is 0. The Morgan fingerprint density at radius 3 is 2.70 bits per heavy atom. The lowest BCUT2D eigenvalue weighted by Gasteiger charge is -2.23. The van der Waals surface area contributed by atoms with Crippen molar-refractivity contribution in [2.24, 2.45) is 0 Å². The molecule has 4 rings (SSSR count). The highest BCUT2D eigenvalue weighted by atomic mass is 16.5. The van der Waals surface area contributed by atoms with Gasteiger partial charge < -0.3 is 15.0 Å². The normalized spacial score (nSPS) is 21.9. The molecular weight excluding hydrogens is 344 g/mol. The first kappa shape index (κ1) is 17.6. The number of likely N-dealkylation sites (tertiary alicyclic amines) is 1. The number of aromatic nitrogens is 2. The minimum Gasteiger partial charge on any atom is -0.488 e. The first-order valence-corrected chi connectivity index (χ1v) is 9.50. The fourth-order valence-electron chi connectivity index (χ4n) is 3.49. The molecule has 2 aromatic rings. The van der Waals surface area contributed by atoms with E-state index < -0.39 is 6.04 Å². The molecule has 1 saturated carbocycles. The van der Waals surface area contributed by atoms with Crippen LogP contribution in [0.4, 0.5) is 0 Å². The van der Waals surface area contributed by atoms with Gasteiger partial charge in [-0.2, -0.15) is 5.10 Å². The molecule has 0 radical (unpaired) electrons. The van der Waals surface area contributed by atoms with Gasteiger partial charge in [-0.3, -0.25) is 14.3 Å². The number of benzene rings is 1. The van der Waals surface area contributed by atoms with E-state index in [0.717, 1.165) is 18.6 Å². The van der Waals surface area contributed by atoms with Crippen molar-refractivity contribution in [2.75, 3.05) is 6.54 Å². The van der Waals surface area contributed by atoms with Crippen molar-refractivity contribution >= 4 is 11.8 Å². The van der Waals surface area contributed by atoms with Gasteiger partial charge in [0.25, 0.3) is 5.91 Å². The fraction of sp³-hybridized carbons (Fsp3) is 0.450. The predicted octanol–water partition coefficient (Wildman–Crippen LogP) is 1.84. The van der Waals surface area contributed by atoms with Crippen molar-refractivity contribution in [1.82, 2.24) is 20.0 Å². The lowest BCUT2D eigenvalue weighted by molar-refractivity contribution is -0.125. The summed E-state index contributed by atoms with van der Waals surface area (Å²) in [6.07, 6.45) is 3.91. The number of hydrogen-bond acceptors (Lipinski definition) is 4. The van der Waals surface area contributed by atoms with Gasteiger partial charge in [0.05, 0.1) is 6.54 Å². The van der Waals surface area contributed by atoms with Crippen LogP contribution in [0.5, 0.6) is 5.75 Å². The van der Waals surface area contributed by atoms with Crippen LogP contribution < -0.4 is 10.1 Å². The van der Waals surface area contributed by atoms with E-state index in [1.165, 1.54) is 0 Å². The van der Waals surface area contributed by atoms with Gasteiger partial charge in [0.15, 0.2) is 0 Å². The Hall–Kier alpha value is -2.83. The molecule has 2 heterocycles. The highest BCUT2D eigenvalue weighted by molar-refractivity contribution is 5.97. The number of carbonyl (C=O) groups excluding carboxylic acids is 2. The fourth-order valence-corrected chi connectivity index (χ4v) is 3.49. The molecule has 1 N–H and O–H groups in total. The molecule has 1 aliphatic heterocycles. The van der Waals surface area contributed by atoms with E-state index in [9.17, 15) is 9.59 Å². The predicted molar refractivity (Wildman–Crippen MR) is 99.4 cm³/mol. The SMILES string of the molecule is CCn1nccc1C(=O)N1C[C@@H](Oc2ccccc2)C[C@H]1C(=O)NC1CC1. The average Bonchev–Trinajstić information content (AvgIpc) is 3.21. The van der Waals surface area contributed by atoms with E-state index in [1.807, 2.05) is 37.3 Å². The summed E-state index contributed by atoms with van der Waals surface area (Å²) in [7, 11) is 0. The zero-order valence-electron chi connectivity index (χ0n) is 15.4. The summed E-state index contributed by atoms with van der Waals surface area (Å²) in [4.78, 5) is 27.5. The minimum atomic E-state index is -0.521. The highest BCUT2D eigenvalue weighted by Gasteiger charge is 2.42. The summed E-state index contributed by atoms with van der Waals surface area (Å²) in [6, 6.07) is 10.9. The van der Waals surface area contributed by atoms with E-state index in [0.29, 0.717) is 25.2 Å². The summed E-state index contributed by atoms with van der Waals surface area (Å²) in [5.41, 5.74) is 0.502. The van der Waals surface area contributed by atoms with Crippen molar-refractivity contribution < 1.29 is 14.3 Å². The number of ether oxygens (including phenoxy) is 1. The number of nitrogens with one attached hydrogen (secondary N) is 1.